The van der Waals surface area contributed by atoms with Crippen molar-refractivity contribution in [3.8, 4) is 11.1 Å². The van der Waals surface area contributed by atoms with E-state index in [4.69, 9.17) is 4.42 Å². The number of anilines is 5. The molecular weight excluding hydrogens is 908 g/mol. The van der Waals surface area contributed by atoms with Gasteiger partial charge in [0.15, 0.2) is 8.07 Å². The summed E-state index contributed by atoms with van der Waals surface area (Å²) >= 11 is 1.94. The van der Waals surface area contributed by atoms with E-state index in [1.165, 1.54) is 115 Å². The number of furan rings is 1. The second-order valence-corrected chi connectivity index (χ2v) is 27.9. The first-order valence-corrected chi connectivity index (χ1v) is 28.7. The quantitative estimate of drug-likeness (QED) is 0.164. The lowest BCUT2D eigenvalue weighted by molar-refractivity contribution is 0.332. The molecule has 5 aliphatic rings. The molecule has 72 heavy (non-hydrogen) atoms. The zero-order chi connectivity index (χ0) is 48.6. The van der Waals surface area contributed by atoms with E-state index in [0.29, 0.717) is 0 Å². The predicted octanol–water partition coefficient (Wildman–Crippen LogP) is 13.4. The first kappa shape index (κ1) is 42.7. The number of rotatable bonds is 3. The summed E-state index contributed by atoms with van der Waals surface area (Å²) in [4.78, 5) is 8.16. The van der Waals surface area contributed by atoms with Gasteiger partial charge in [0.1, 0.15) is 11.2 Å². The van der Waals surface area contributed by atoms with Gasteiger partial charge in [-0.2, -0.15) is 0 Å². The van der Waals surface area contributed by atoms with Gasteiger partial charge in [-0.25, -0.2) is 0 Å². The molecular formula is C66H55BN2OSSi. The Kier molecular flexibility index (Phi) is 8.64. The van der Waals surface area contributed by atoms with Crippen LogP contribution in [0.15, 0.2) is 196 Å². The lowest BCUT2D eigenvalue weighted by Crippen LogP contribution is -2.79. The largest absolute Gasteiger partial charge is 0.455 e. The number of benzene rings is 9. The normalized spacial score (nSPS) is 17.6. The Hall–Kier alpha value is -6.99. The minimum absolute atomic E-state index is 0.0266. The standard InChI is InChI=1S/C66H55BN2OSSi/c1-40-35-47-48(65(4,5)34-33-64(47,2)3)38-52(40)68-53-39-57-49(66(6,7)46-27-15-18-30-56(46)71-57)37-50(53)67-61-54(68)36-45-43-25-14-17-29-55(43)70-63(45)60(61)44-26-20-32-59-62(44)69(67)51-28-16-19-31-58(51)72(59,41-21-10-8-11-22-41)42-23-12-9-13-24-42/h8-32,35-39H,33-34H2,1-7H3. The van der Waals surface area contributed by atoms with Crippen molar-refractivity contribution in [2.24, 2.45) is 0 Å². The van der Waals surface area contributed by atoms with Crippen molar-refractivity contribution in [1.29, 1.82) is 0 Å². The van der Waals surface area contributed by atoms with Crippen LogP contribution in [0.4, 0.5) is 28.4 Å². The molecule has 0 radical (unpaired) electrons. The maximum atomic E-state index is 7.31. The van der Waals surface area contributed by atoms with Crippen LogP contribution in [0.25, 0.3) is 33.1 Å². The van der Waals surface area contributed by atoms with Gasteiger partial charge < -0.3 is 14.1 Å². The highest BCUT2D eigenvalue weighted by Crippen LogP contribution is 2.56. The van der Waals surface area contributed by atoms with E-state index in [1.807, 2.05) is 11.8 Å². The highest BCUT2D eigenvalue weighted by Gasteiger charge is 2.56. The zero-order valence-electron chi connectivity index (χ0n) is 42.0. The van der Waals surface area contributed by atoms with Crippen LogP contribution >= 0.6 is 11.8 Å². The molecule has 0 saturated carbocycles. The number of hydrogen-bond acceptors (Lipinski definition) is 4. The third kappa shape index (κ3) is 5.44. The van der Waals surface area contributed by atoms with Crippen molar-refractivity contribution in [2.75, 3.05) is 9.71 Å². The minimum Gasteiger partial charge on any atom is -0.455 e. The number of nitrogens with zero attached hydrogens (tertiary/aromatic N) is 2. The van der Waals surface area contributed by atoms with Crippen LogP contribution in [0.3, 0.4) is 0 Å². The molecule has 0 amide bonds. The van der Waals surface area contributed by atoms with E-state index in [-0.39, 0.29) is 23.1 Å². The van der Waals surface area contributed by atoms with Crippen molar-refractivity contribution in [3.63, 3.8) is 0 Å². The average molecular weight is 963 g/mol. The van der Waals surface area contributed by atoms with Crippen LogP contribution in [-0.4, -0.2) is 14.9 Å². The van der Waals surface area contributed by atoms with Gasteiger partial charge in [-0.15, -0.1) is 0 Å². The molecule has 0 saturated heterocycles. The van der Waals surface area contributed by atoms with Crippen LogP contribution < -0.4 is 41.4 Å². The van der Waals surface area contributed by atoms with Gasteiger partial charge >= 0.3 is 6.85 Å². The van der Waals surface area contributed by atoms with Crippen LogP contribution in [-0.2, 0) is 16.2 Å². The second-order valence-electron chi connectivity index (χ2n) is 23.1. The summed E-state index contributed by atoms with van der Waals surface area (Å²) in [7, 11) is -2.97. The molecule has 6 heteroatoms. The number of aryl methyl sites for hydroxylation is 1. The Morgan fingerprint density at radius 2 is 1.18 bits per heavy atom. The van der Waals surface area contributed by atoms with Gasteiger partial charge in [0.25, 0.3) is 0 Å². The van der Waals surface area contributed by atoms with Gasteiger partial charge in [0, 0.05) is 65.5 Å². The smallest absolute Gasteiger partial charge is 0.333 e. The molecule has 0 bridgehead atoms. The zero-order valence-corrected chi connectivity index (χ0v) is 43.8. The summed E-state index contributed by atoms with van der Waals surface area (Å²) in [5, 5.41) is 7.92. The van der Waals surface area contributed by atoms with Crippen LogP contribution in [0.1, 0.15) is 82.2 Å². The molecule has 0 fully saturated rings. The Balaban J connectivity index is 1.13. The summed E-state index contributed by atoms with van der Waals surface area (Å²) in [5.74, 6) is 0. The van der Waals surface area contributed by atoms with Crippen LogP contribution in [0.2, 0.25) is 0 Å². The summed E-state index contributed by atoms with van der Waals surface area (Å²) in [6, 6.07) is 70.3. The summed E-state index contributed by atoms with van der Waals surface area (Å²) in [6.07, 6.45) is 2.33. The minimum atomic E-state index is -2.97. The fourth-order valence-corrected chi connectivity index (χ4v) is 20.8. The molecule has 1 aromatic heterocycles. The number of para-hydroxylation sites is 3. The van der Waals surface area contributed by atoms with E-state index in [2.05, 4.69) is 240 Å². The predicted molar refractivity (Wildman–Crippen MR) is 307 cm³/mol. The SMILES string of the molecule is Cc1cc2c(cc1N1c3cc4c(cc3B3c5c1cc1c(oc6ccccc61)c5-c1cccc5c1N3c1ccccc1[Si]5(c1ccccc1)c1ccccc1)C(C)(C)c1ccccc1S4)C(C)(C)CCC2(C)C. The van der Waals surface area contributed by atoms with E-state index in [0.717, 1.165) is 28.4 Å². The maximum Gasteiger partial charge on any atom is 0.333 e. The third-order valence-electron chi connectivity index (χ3n) is 17.9. The highest BCUT2D eigenvalue weighted by atomic mass is 32.2. The van der Waals surface area contributed by atoms with E-state index in [1.54, 1.807) is 0 Å². The maximum absolute atomic E-state index is 7.31. The second kappa shape index (κ2) is 14.6. The van der Waals surface area contributed by atoms with Crippen molar-refractivity contribution in [2.45, 2.75) is 87.3 Å². The Morgan fingerprint density at radius 1 is 0.528 bits per heavy atom. The van der Waals surface area contributed by atoms with E-state index < -0.39 is 8.07 Å². The Bertz CT molecular complexity index is 3950. The molecule has 0 atom stereocenters. The lowest BCUT2D eigenvalue weighted by Gasteiger charge is -2.52. The van der Waals surface area contributed by atoms with Crippen LogP contribution in [0, 0.1) is 6.92 Å². The van der Waals surface area contributed by atoms with E-state index >= 15 is 0 Å². The molecule has 1 aliphatic carbocycles. The highest BCUT2D eigenvalue weighted by molar-refractivity contribution is 7.99. The van der Waals surface area contributed by atoms with Crippen molar-refractivity contribution in [1.82, 2.24) is 0 Å². The summed E-state index contributed by atoms with van der Waals surface area (Å²) < 4.78 is 7.31. The van der Waals surface area contributed by atoms with Crippen LogP contribution in [0.5, 0.6) is 0 Å². The van der Waals surface area contributed by atoms with Crippen molar-refractivity contribution < 1.29 is 4.42 Å². The van der Waals surface area contributed by atoms with Gasteiger partial charge in [-0.05, 0) is 126 Å². The fourth-order valence-electron chi connectivity index (χ4n) is 14.3. The monoisotopic (exact) mass is 962 g/mol. The Labute approximate surface area is 428 Å². The van der Waals surface area contributed by atoms with Gasteiger partial charge in [0.2, 0.25) is 0 Å². The third-order valence-corrected chi connectivity index (χ3v) is 23.9. The number of hydrogen-bond donors (Lipinski definition) is 0. The molecule has 3 nitrogen and oxygen atoms in total. The number of fused-ring (bicyclic) bond motifs is 13. The van der Waals surface area contributed by atoms with Crippen molar-refractivity contribution >= 4 is 109 Å². The topological polar surface area (TPSA) is 19.6 Å². The van der Waals surface area contributed by atoms with Gasteiger partial charge in [-0.1, -0.05) is 199 Å². The summed E-state index contributed by atoms with van der Waals surface area (Å²) in [5.41, 5.74) is 20.2. The van der Waals surface area contributed by atoms with Gasteiger partial charge in [-0.3, -0.25) is 0 Å². The molecule has 0 unspecified atom stereocenters. The molecule has 4 aliphatic heterocycles. The molecule has 0 spiro atoms. The molecule has 0 N–H and O–H groups in total. The summed E-state index contributed by atoms with van der Waals surface area (Å²) in [6.45, 7) is 16.9. The average Bonchev–Trinajstić information content (AvgIpc) is 3.78. The molecule has 10 aromatic rings. The molecule has 15 rings (SSSR count). The first-order chi connectivity index (χ1) is 34.9. The fraction of sp³-hybridized carbons (Fsp3) is 0.182. The lowest BCUT2D eigenvalue weighted by atomic mass is 9.43. The first-order valence-electron chi connectivity index (χ1n) is 25.9. The molecule has 5 heterocycles. The van der Waals surface area contributed by atoms with E-state index in [9.17, 15) is 0 Å². The molecule has 9 aromatic carbocycles. The Morgan fingerprint density at radius 3 is 1.94 bits per heavy atom. The van der Waals surface area contributed by atoms with Crippen molar-refractivity contribution in [3.05, 3.63) is 210 Å². The van der Waals surface area contributed by atoms with Gasteiger partial charge in [0.05, 0.1) is 0 Å². The molecule has 348 valence electrons.